The van der Waals surface area contributed by atoms with Crippen LogP contribution in [0.15, 0.2) is 11.8 Å². The van der Waals surface area contributed by atoms with Gasteiger partial charge in [-0.15, -0.1) is 0 Å². The van der Waals surface area contributed by atoms with E-state index in [2.05, 4.69) is 0 Å². The Morgan fingerprint density at radius 1 is 1.43 bits per heavy atom. The number of epoxide rings is 1. The van der Waals surface area contributed by atoms with Gasteiger partial charge >= 0.3 is 0 Å². The maximum Gasteiger partial charge on any atom is 0.133 e. The highest BCUT2D eigenvalue weighted by Gasteiger charge is 2.43. The van der Waals surface area contributed by atoms with Gasteiger partial charge in [0.05, 0.1) is 18.8 Å². The minimum atomic E-state index is -1.13. The van der Waals surface area contributed by atoms with E-state index >= 15 is 0 Å². The summed E-state index contributed by atoms with van der Waals surface area (Å²) in [5.41, 5.74) is 0. The molecular weight excluding hydrogens is 184 g/mol. The predicted octanol–water partition coefficient (Wildman–Crippen LogP) is 0.349. The molecule has 0 aromatic heterocycles. The average molecular weight is 200 g/mol. The van der Waals surface area contributed by atoms with Crippen molar-refractivity contribution in [3.63, 3.8) is 0 Å². The van der Waals surface area contributed by atoms with Crippen molar-refractivity contribution in [3.8, 4) is 0 Å². The lowest BCUT2D eigenvalue weighted by Crippen LogP contribution is -2.18. The van der Waals surface area contributed by atoms with Crippen LogP contribution in [0.25, 0.3) is 0 Å². The Labute approximate surface area is 82.8 Å². The zero-order chi connectivity index (χ0) is 10.1. The second-order valence-electron chi connectivity index (χ2n) is 4.08. The number of rotatable bonds is 3. The molecule has 0 aromatic carbocycles. The molecule has 1 saturated heterocycles. The van der Waals surface area contributed by atoms with Gasteiger partial charge in [-0.1, -0.05) is 0 Å². The molecule has 4 atom stereocenters. The number of allylic oxidation sites excluding steroid dienone is 1. The normalized spacial score (nSPS) is 39.0. The first-order chi connectivity index (χ1) is 6.70. The molecule has 4 unspecified atom stereocenters. The van der Waals surface area contributed by atoms with Crippen molar-refractivity contribution in [3.05, 3.63) is 11.8 Å². The Hall–Kier alpha value is -0.580. The second kappa shape index (κ2) is 3.88. The van der Waals surface area contributed by atoms with Gasteiger partial charge in [-0.05, 0) is 31.3 Å². The number of hydrogen-bond acceptors (Lipinski definition) is 4. The monoisotopic (exact) mass is 200 g/mol. The highest BCUT2D eigenvalue weighted by molar-refractivity contribution is 5.05. The Kier molecular flexibility index (Phi) is 2.76. The van der Waals surface area contributed by atoms with Crippen LogP contribution in [0.2, 0.25) is 0 Å². The molecule has 80 valence electrons. The Balaban J connectivity index is 1.88. The van der Waals surface area contributed by atoms with Crippen molar-refractivity contribution in [1.29, 1.82) is 0 Å². The fourth-order valence-electron chi connectivity index (χ4n) is 2.03. The van der Waals surface area contributed by atoms with E-state index in [1.807, 2.05) is 0 Å². The van der Waals surface area contributed by atoms with Crippen LogP contribution in [0, 0.1) is 5.92 Å². The molecular formula is C10H16O4. The lowest BCUT2D eigenvalue weighted by molar-refractivity contribution is 0.0857. The van der Waals surface area contributed by atoms with E-state index in [1.165, 1.54) is 0 Å². The summed E-state index contributed by atoms with van der Waals surface area (Å²) in [7, 11) is 0. The van der Waals surface area contributed by atoms with Crippen molar-refractivity contribution in [2.24, 2.45) is 5.92 Å². The summed E-state index contributed by atoms with van der Waals surface area (Å²) < 4.78 is 5.35. The fraction of sp³-hybridized carbons (Fsp3) is 0.800. The topological polar surface area (TPSA) is 73.2 Å². The highest BCUT2D eigenvalue weighted by Crippen LogP contribution is 2.40. The molecule has 0 amide bonds. The van der Waals surface area contributed by atoms with Crippen molar-refractivity contribution >= 4 is 0 Å². The third kappa shape index (κ3) is 2.08. The van der Waals surface area contributed by atoms with Crippen LogP contribution in [0.5, 0.6) is 0 Å². The molecule has 2 aliphatic rings. The van der Waals surface area contributed by atoms with E-state index < -0.39 is 12.7 Å². The molecule has 1 aliphatic heterocycles. The van der Waals surface area contributed by atoms with Crippen LogP contribution < -0.4 is 0 Å². The van der Waals surface area contributed by atoms with E-state index in [-0.39, 0.29) is 11.7 Å². The Morgan fingerprint density at radius 3 is 2.86 bits per heavy atom. The molecule has 1 heterocycles. The van der Waals surface area contributed by atoms with Crippen LogP contribution in [-0.2, 0) is 4.74 Å². The molecule has 0 aromatic rings. The van der Waals surface area contributed by atoms with Gasteiger partial charge in [-0.3, -0.25) is 0 Å². The van der Waals surface area contributed by atoms with Crippen molar-refractivity contribution in [2.75, 3.05) is 6.61 Å². The van der Waals surface area contributed by atoms with E-state index in [9.17, 15) is 5.11 Å². The molecule has 0 spiro atoms. The van der Waals surface area contributed by atoms with Crippen molar-refractivity contribution < 1.29 is 20.1 Å². The first-order valence-electron chi connectivity index (χ1n) is 5.05. The number of hydrogen-bond donors (Lipinski definition) is 3. The Bertz CT molecular complexity index is 238. The number of fused-ring (bicyclic) bond motifs is 1. The largest absolute Gasteiger partial charge is 0.510 e. The summed E-state index contributed by atoms with van der Waals surface area (Å²) in [4.78, 5) is 0. The fourth-order valence-corrected chi connectivity index (χ4v) is 2.03. The smallest absolute Gasteiger partial charge is 0.133 e. The van der Waals surface area contributed by atoms with E-state index in [0.29, 0.717) is 12.2 Å². The number of aliphatic hydroxyl groups is 3. The van der Waals surface area contributed by atoms with Gasteiger partial charge in [0, 0.05) is 0 Å². The van der Waals surface area contributed by atoms with Gasteiger partial charge in [-0.25, -0.2) is 0 Å². The van der Waals surface area contributed by atoms with Crippen LogP contribution in [0.4, 0.5) is 0 Å². The third-order valence-electron chi connectivity index (χ3n) is 2.97. The lowest BCUT2D eigenvalue weighted by Gasteiger charge is -2.16. The summed E-state index contributed by atoms with van der Waals surface area (Å²) in [5, 5.41) is 27.1. The molecule has 14 heavy (non-hydrogen) atoms. The molecule has 2 fully saturated rings. The summed E-state index contributed by atoms with van der Waals surface area (Å²) in [6.07, 6.45) is 4.28. The van der Waals surface area contributed by atoms with Crippen LogP contribution in [-0.4, -0.2) is 40.2 Å². The average Bonchev–Trinajstić information content (AvgIpc) is 2.94. The Morgan fingerprint density at radius 2 is 2.21 bits per heavy atom. The molecule has 2 rings (SSSR count). The zero-order valence-electron chi connectivity index (χ0n) is 7.97. The van der Waals surface area contributed by atoms with Gasteiger partial charge in [0.15, 0.2) is 0 Å². The third-order valence-corrected chi connectivity index (χ3v) is 2.97. The standard InChI is InChI=1S/C10H16O4/c11-5-8(13)7(12)3-6-1-2-9-10(4-6)14-9/h3,6,8-13H,1-2,4-5H2. The summed E-state index contributed by atoms with van der Waals surface area (Å²) >= 11 is 0. The molecule has 4 heteroatoms. The molecule has 1 aliphatic carbocycles. The maximum atomic E-state index is 9.38. The van der Waals surface area contributed by atoms with E-state index in [0.717, 1.165) is 19.3 Å². The van der Waals surface area contributed by atoms with Crippen LogP contribution in [0.3, 0.4) is 0 Å². The molecule has 4 nitrogen and oxygen atoms in total. The molecule has 0 bridgehead atoms. The van der Waals surface area contributed by atoms with Crippen LogP contribution in [0.1, 0.15) is 19.3 Å². The van der Waals surface area contributed by atoms with Gasteiger partial charge in [0.25, 0.3) is 0 Å². The number of ether oxygens (including phenoxy) is 1. The van der Waals surface area contributed by atoms with Crippen molar-refractivity contribution in [2.45, 2.75) is 37.6 Å². The SMILES string of the molecule is OCC(O)C(O)=CC1CCC2OC2C1. The van der Waals surface area contributed by atoms with Crippen molar-refractivity contribution in [1.82, 2.24) is 0 Å². The molecule has 1 saturated carbocycles. The molecule has 3 N–H and O–H groups in total. The molecule has 0 radical (unpaired) electrons. The summed E-state index contributed by atoms with van der Waals surface area (Å²) in [6, 6.07) is 0. The quantitative estimate of drug-likeness (QED) is 0.454. The summed E-state index contributed by atoms with van der Waals surface area (Å²) in [5.74, 6) is 0.163. The van der Waals surface area contributed by atoms with Gasteiger partial charge < -0.3 is 20.1 Å². The second-order valence-corrected chi connectivity index (χ2v) is 4.08. The minimum Gasteiger partial charge on any atom is -0.510 e. The zero-order valence-corrected chi connectivity index (χ0v) is 7.97. The number of aliphatic hydroxyl groups excluding tert-OH is 3. The first-order valence-corrected chi connectivity index (χ1v) is 5.05. The first kappa shape index (κ1) is 9.96. The van der Waals surface area contributed by atoms with E-state index in [4.69, 9.17) is 14.9 Å². The summed E-state index contributed by atoms with van der Waals surface area (Å²) in [6.45, 7) is -0.433. The predicted molar refractivity (Wildman–Crippen MR) is 49.8 cm³/mol. The van der Waals surface area contributed by atoms with Crippen LogP contribution >= 0.6 is 0 Å². The highest BCUT2D eigenvalue weighted by atomic mass is 16.6. The van der Waals surface area contributed by atoms with E-state index in [1.54, 1.807) is 6.08 Å². The van der Waals surface area contributed by atoms with Gasteiger partial charge in [0.1, 0.15) is 11.9 Å². The van der Waals surface area contributed by atoms with Gasteiger partial charge in [-0.2, -0.15) is 0 Å². The maximum absolute atomic E-state index is 9.38. The minimum absolute atomic E-state index is 0.114. The van der Waals surface area contributed by atoms with Gasteiger partial charge in [0.2, 0.25) is 0 Å². The lowest BCUT2D eigenvalue weighted by atomic mass is 9.88.